The topological polar surface area (TPSA) is 82.7 Å². The molecule has 0 saturated carbocycles. The maximum absolute atomic E-state index is 10.8. The van der Waals surface area contributed by atoms with Gasteiger partial charge >= 0.3 is 5.97 Å². The Morgan fingerprint density at radius 1 is 1.50 bits per heavy atom. The molecule has 5 nitrogen and oxygen atoms in total. The van der Waals surface area contributed by atoms with Gasteiger partial charge in [-0.15, -0.1) is 0 Å². The lowest BCUT2D eigenvalue weighted by Crippen LogP contribution is -2.16. The highest BCUT2D eigenvalue weighted by Crippen LogP contribution is 2.14. The molecular formula is C12H19NO4S. The van der Waals surface area contributed by atoms with E-state index in [2.05, 4.69) is 5.32 Å². The number of hydrogen-bond donors (Lipinski definition) is 3. The summed E-state index contributed by atoms with van der Waals surface area (Å²) in [6.07, 6.45) is 0.823. The zero-order chi connectivity index (χ0) is 13.4. The first-order valence-corrected chi connectivity index (χ1v) is 7.02. The Hall–Kier alpha value is -0.980. The molecule has 6 heteroatoms. The van der Waals surface area contributed by atoms with E-state index in [0.717, 1.165) is 24.5 Å². The number of carboxylic acid groups (broad SMARTS) is 1. The lowest BCUT2D eigenvalue weighted by atomic mass is 10.2. The average Bonchev–Trinajstić information content (AvgIpc) is 2.69. The van der Waals surface area contributed by atoms with E-state index in [4.69, 9.17) is 14.6 Å². The SMILES string of the molecule is Cc1cc(CNCCSCCCO)oc1C(=O)O. The Morgan fingerprint density at radius 2 is 2.28 bits per heavy atom. The second-order valence-electron chi connectivity index (χ2n) is 3.90. The highest BCUT2D eigenvalue weighted by Gasteiger charge is 2.13. The van der Waals surface area contributed by atoms with Gasteiger partial charge in [0.05, 0.1) is 6.54 Å². The fourth-order valence-corrected chi connectivity index (χ4v) is 2.30. The van der Waals surface area contributed by atoms with Crippen LogP contribution in [-0.4, -0.2) is 40.8 Å². The first-order valence-electron chi connectivity index (χ1n) is 5.87. The molecule has 1 heterocycles. The summed E-state index contributed by atoms with van der Waals surface area (Å²) >= 11 is 1.78. The Morgan fingerprint density at radius 3 is 2.89 bits per heavy atom. The van der Waals surface area contributed by atoms with Gasteiger partial charge in [-0.25, -0.2) is 4.79 Å². The third kappa shape index (κ3) is 5.12. The summed E-state index contributed by atoms with van der Waals surface area (Å²) in [6, 6.07) is 1.75. The van der Waals surface area contributed by atoms with Gasteiger partial charge in [-0.3, -0.25) is 0 Å². The molecule has 0 aliphatic heterocycles. The maximum Gasteiger partial charge on any atom is 0.372 e. The summed E-state index contributed by atoms with van der Waals surface area (Å²) in [5, 5.41) is 20.6. The molecule has 3 N–H and O–H groups in total. The van der Waals surface area contributed by atoms with Crippen molar-refractivity contribution < 1.29 is 19.4 Å². The number of rotatable bonds is 9. The number of nitrogens with one attached hydrogen (secondary N) is 1. The number of aliphatic hydroxyl groups is 1. The molecule has 0 bridgehead atoms. The van der Waals surface area contributed by atoms with Crippen LogP contribution in [-0.2, 0) is 6.54 Å². The van der Waals surface area contributed by atoms with Gasteiger partial charge in [0.1, 0.15) is 5.76 Å². The van der Waals surface area contributed by atoms with Crippen LogP contribution in [0.15, 0.2) is 10.5 Å². The smallest absolute Gasteiger partial charge is 0.372 e. The Labute approximate surface area is 111 Å². The minimum absolute atomic E-state index is 0.0177. The second kappa shape index (κ2) is 8.18. The van der Waals surface area contributed by atoms with Crippen LogP contribution in [0.2, 0.25) is 0 Å². The van der Waals surface area contributed by atoms with Gasteiger partial charge in [0, 0.05) is 24.5 Å². The fraction of sp³-hybridized carbons (Fsp3) is 0.583. The van der Waals surface area contributed by atoms with Crippen molar-refractivity contribution in [3.63, 3.8) is 0 Å². The van der Waals surface area contributed by atoms with Gasteiger partial charge in [0.15, 0.2) is 0 Å². The molecule has 0 aromatic carbocycles. The molecule has 0 atom stereocenters. The van der Waals surface area contributed by atoms with Gasteiger partial charge in [-0.2, -0.15) is 11.8 Å². The van der Waals surface area contributed by atoms with Crippen molar-refractivity contribution >= 4 is 17.7 Å². The van der Waals surface area contributed by atoms with Crippen molar-refractivity contribution in [1.29, 1.82) is 0 Å². The molecule has 18 heavy (non-hydrogen) atoms. The summed E-state index contributed by atoms with van der Waals surface area (Å²) in [6.45, 7) is 3.33. The van der Waals surface area contributed by atoms with E-state index in [0.29, 0.717) is 17.9 Å². The van der Waals surface area contributed by atoms with E-state index >= 15 is 0 Å². The zero-order valence-corrected chi connectivity index (χ0v) is 11.3. The summed E-state index contributed by atoms with van der Waals surface area (Å²) < 4.78 is 5.22. The first-order chi connectivity index (χ1) is 8.65. The van der Waals surface area contributed by atoms with Gasteiger partial charge in [-0.05, 0) is 25.2 Å². The number of furan rings is 1. The Balaban J connectivity index is 2.19. The van der Waals surface area contributed by atoms with Crippen LogP contribution in [0.4, 0.5) is 0 Å². The van der Waals surface area contributed by atoms with E-state index in [9.17, 15) is 4.79 Å². The van der Waals surface area contributed by atoms with Crippen molar-refractivity contribution in [2.45, 2.75) is 19.9 Å². The van der Waals surface area contributed by atoms with Crippen LogP contribution in [0.1, 0.15) is 28.3 Å². The van der Waals surface area contributed by atoms with E-state index in [1.807, 2.05) is 0 Å². The molecule has 0 unspecified atom stereocenters. The summed E-state index contributed by atoms with van der Waals surface area (Å²) in [4.78, 5) is 10.8. The normalized spacial score (nSPS) is 10.8. The number of aryl methyl sites for hydroxylation is 1. The molecule has 0 aliphatic rings. The second-order valence-corrected chi connectivity index (χ2v) is 5.12. The number of carboxylic acids is 1. The van der Waals surface area contributed by atoms with Crippen LogP contribution in [0.25, 0.3) is 0 Å². The zero-order valence-electron chi connectivity index (χ0n) is 10.4. The third-order valence-electron chi connectivity index (χ3n) is 2.33. The Kier molecular flexibility index (Phi) is 6.85. The minimum atomic E-state index is -1.03. The molecule has 0 radical (unpaired) electrons. The molecule has 1 aromatic rings. The number of thioether (sulfide) groups is 1. The van der Waals surface area contributed by atoms with Crippen molar-refractivity contribution in [1.82, 2.24) is 5.32 Å². The quantitative estimate of drug-likeness (QED) is 0.591. The van der Waals surface area contributed by atoms with Gasteiger partial charge in [-0.1, -0.05) is 0 Å². The van der Waals surface area contributed by atoms with Crippen molar-refractivity contribution in [3.05, 3.63) is 23.2 Å². The number of hydrogen-bond acceptors (Lipinski definition) is 5. The molecule has 0 amide bonds. The average molecular weight is 273 g/mol. The monoisotopic (exact) mass is 273 g/mol. The predicted octanol–water partition coefficient (Wildman–Crippen LogP) is 1.49. The number of aromatic carboxylic acids is 1. The van der Waals surface area contributed by atoms with E-state index in [-0.39, 0.29) is 12.4 Å². The predicted molar refractivity (Wildman–Crippen MR) is 71.1 cm³/mol. The minimum Gasteiger partial charge on any atom is -0.475 e. The number of aliphatic hydroxyl groups excluding tert-OH is 1. The largest absolute Gasteiger partial charge is 0.475 e. The molecule has 1 aromatic heterocycles. The van der Waals surface area contributed by atoms with Gasteiger partial charge < -0.3 is 19.9 Å². The molecule has 0 saturated heterocycles. The van der Waals surface area contributed by atoms with Gasteiger partial charge in [0.2, 0.25) is 5.76 Å². The van der Waals surface area contributed by atoms with Crippen molar-refractivity contribution in [2.24, 2.45) is 0 Å². The summed E-state index contributed by atoms with van der Waals surface area (Å²) in [5.74, 6) is 1.56. The molecule has 0 aliphatic carbocycles. The third-order valence-corrected chi connectivity index (χ3v) is 3.40. The lowest BCUT2D eigenvalue weighted by Gasteiger charge is -2.02. The van der Waals surface area contributed by atoms with Crippen LogP contribution >= 0.6 is 11.8 Å². The number of carbonyl (C=O) groups is 1. The van der Waals surface area contributed by atoms with Crippen LogP contribution in [0, 0.1) is 6.92 Å². The summed E-state index contributed by atoms with van der Waals surface area (Å²) in [5.41, 5.74) is 0.650. The first kappa shape index (κ1) is 15.1. The van der Waals surface area contributed by atoms with Crippen LogP contribution in [0.3, 0.4) is 0 Å². The van der Waals surface area contributed by atoms with E-state index < -0.39 is 5.97 Å². The maximum atomic E-state index is 10.8. The van der Waals surface area contributed by atoms with E-state index in [1.54, 1.807) is 24.8 Å². The Bertz CT molecular complexity index is 378. The molecule has 102 valence electrons. The van der Waals surface area contributed by atoms with Gasteiger partial charge in [0.25, 0.3) is 0 Å². The van der Waals surface area contributed by atoms with E-state index in [1.165, 1.54) is 0 Å². The molecule has 0 fully saturated rings. The highest BCUT2D eigenvalue weighted by molar-refractivity contribution is 7.99. The fourth-order valence-electron chi connectivity index (χ4n) is 1.47. The molecule has 1 rings (SSSR count). The summed E-state index contributed by atoms with van der Waals surface area (Å²) in [7, 11) is 0. The lowest BCUT2D eigenvalue weighted by molar-refractivity contribution is 0.0659. The highest BCUT2D eigenvalue weighted by atomic mass is 32.2. The standard InChI is InChI=1S/C12H19NO4S/c1-9-7-10(17-11(9)12(15)16)8-13-3-6-18-5-2-4-14/h7,13-14H,2-6,8H2,1H3,(H,15,16). The molecular weight excluding hydrogens is 254 g/mol. The van der Waals surface area contributed by atoms with Crippen LogP contribution in [0.5, 0.6) is 0 Å². The molecule has 0 spiro atoms. The van der Waals surface area contributed by atoms with Crippen molar-refractivity contribution in [2.75, 3.05) is 24.7 Å². The van der Waals surface area contributed by atoms with Crippen molar-refractivity contribution in [3.8, 4) is 0 Å². The van der Waals surface area contributed by atoms with Crippen LogP contribution < -0.4 is 5.32 Å².